The van der Waals surface area contributed by atoms with Crippen molar-refractivity contribution in [2.24, 2.45) is 0 Å². The second-order valence-electron chi connectivity index (χ2n) is 3.63. The quantitative estimate of drug-likeness (QED) is 0.653. The van der Waals surface area contributed by atoms with Gasteiger partial charge in [0.1, 0.15) is 5.82 Å². The topological polar surface area (TPSA) is 80.1 Å². The van der Waals surface area contributed by atoms with Crippen molar-refractivity contribution in [1.82, 2.24) is 4.98 Å². The van der Waals surface area contributed by atoms with Crippen LogP contribution in [0.25, 0.3) is 0 Å². The molecule has 0 bridgehead atoms. The van der Waals surface area contributed by atoms with Gasteiger partial charge in [0.25, 0.3) is 0 Å². The Morgan fingerprint density at radius 1 is 1.42 bits per heavy atom. The predicted octanol–water partition coefficient (Wildman–Crippen LogP) is 3.36. The average molecular weight is 299 g/mol. The number of rotatable bonds is 5. The summed E-state index contributed by atoms with van der Waals surface area (Å²) < 4.78 is 0.684. The van der Waals surface area contributed by atoms with Crippen molar-refractivity contribution < 1.29 is 4.92 Å². The van der Waals surface area contributed by atoms with Gasteiger partial charge in [0.2, 0.25) is 5.82 Å². The fourth-order valence-electron chi connectivity index (χ4n) is 1.49. The maximum Gasteiger partial charge on any atom is 0.311 e. The number of nitrogens with one attached hydrogen (secondary N) is 2. The number of pyridine rings is 1. The molecular weight excluding hydrogens is 288 g/mol. The van der Waals surface area contributed by atoms with Crippen molar-refractivity contribution >= 4 is 40.3 Å². The molecule has 0 atom stereocenters. The first-order chi connectivity index (χ1) is 9.10. The van der Waals surface area contributed by atoms with Crippen LogP contribution in [0.2, 0.25) is 4.34 Å². The highest BCUT2D eigenvalue weighted by Gasteiger charge is 2.15. The van der Waals surface area contributed by atoms with Crippen molar-refractivity contribution in [1.29, 1.82) is 0 Å². The highest BCUT2D eigenvalue weighted by molar-refractivity contribution is 7.16. The molecule has 19 heavy (non-hydrogen) atoms. The third-order valence-corrected chi connectivity index (χ3v) is 3.62. The van der Waals surface area contributed by atoms with Gasteiger partial charge in [-0.3, -0.25) is 10.1 Å². The van der Waals surface area contributed by atoms with E-state index in [0.29, 0.717) is 16.7 Å². The molecule has 0 spiro atoms. The van der Waals surface area contributed by atoms with Crippen LogP contribution in [-0.4, -0.2) is 17.0 Å². The number of nitro groups is 1. The van der Waals surface area contributed by atoms with Crippen molar-refractivity contribution in [3.63, 3.8) is 0 Å². The summed E-state index contributed by atoms with van der Waals surface area (Å²) in [4.78, 5) is 15.6. The maximum absolute atomic E-state index is 10.9. The molecule has 0 aliphatic rings. The van der Waals surface area contributed by atoms with E-state index in [-0.39, 0.29) is 11.5 Å². The van der Waals surface area contributed by atoms with E-state index in [0.717, 1.165) is 4.88 Å². The van der Waals surface area contributed by atoms with E-state index in [2.05, 4.69) is 15.6 Å². The Kier molecular flexibility index (Phi) is 4.18. The normalized spacial score (nSPS) is 10.2. The first kappa shape index (κ1) is 13.6. The SMILES string of the molecule is CNc1ccc([N+](=O)[O-])c(NCc2ccc(Cl)s2)n1. The molecule has 2 N–H and O–H groups in total. The molecule has 2 rings (SSSR count). The van der Waals surface area contributed by atoms with Gasteiger partial charge in [0, 0.05) is 18.0 Å². The zero-order valence-electron chi connectivity index (χ0n) is 10.0. The molecule has 2 aromatic rings. The number of thiophene rings is 1. The molecule has 0 aliphatic heterocycles. The van der Waals surface area contributed by atoms with E-state index in [1.807, 2.05) is 6.07 Å². The number of nitrogens with zero attached hydrogens (tertiary/aromatic N) is 2. The van der Waals surface area contributed by atoms with Crippen LogP contribution < -0.4 is 10.6 Å². The molecule has 0 radical (unpaired) electrons. The Morgan fingerprint density at radius 3 is 2.79 bits per heavy atom. The third kappa shape index (κ3) is 3.33. The molecule has 8 heteroatoms. The van der Waals surface area contributed by atoms with E-state index >= 15 is 0 Å². The maximum atomic E-state index is 10.9. The summed E-state index contributed by atoms with van der Waals surface area (Å²) in [5.74, 6) is 0.804. The zero-order chi connectivity index (χ0) is 13.8. The first-order valence-corrected chi connectivity index (χ1v) is 6.61. The summed E-state index contributed by atoms with van der Waals surface area (Å²) in [5.41, 5.74) is -0.0540. The second kappa shape index (κ2) is 5.85. The molecule has 2 heterocycles. The minimum Gasteiger partial charge on any atom is -0.373 e. The van der Waals surface area contributed by atoms with E-state index in [9.17, 15) is 10.1 Å². The minimum absolute atomic E-state index is 0.0540. The highest BCUT2D eigenvalue weighted by Crippen LogP contribution is 2.26. The van der Waals surface area contributed by atoms with Crippen molar-refractivity contribution in [3.8, 4) is 0 Å². The molecule has 100 valence electrons. The lowest BCUT2D eigenvalue weighted by atomic mass is 10.3. The Hall–Kier alpha value is -1.86. The van der Waals surface area contributed by atoms with Gasteiger partial charge in [-0.1, -0.05) is 11.6 Å². The molecular formula is C11H11ClN4O2S. The Balaban J connectivity index is 2.19. The Labute approximate surface area is 118 Å². The first-order valence-electron chi connectivity index (χ1n) is 5.41. The predicted molar refractivity (Wildman–Crippen MR) is 77.1 cm³/mol. The van der Waals surface area contributed by atoms with E-state index < -0.39 is 4.92 Å². The third-order valence-electron chi connectivity index (χ3n) is 2.39. The van der Waals surface area contributed by atoms with Crippen LogP contribution in [0.1, 0.15) is 4.88 Å². The number of hydrogen-bond acceptors (Lipinski definition) is 6. The van der Waals surface area contributed by atoms with Gasteiger partial charge in [0.15, 0.2) is 0 Å². The highest BCUT2D eigenvalue weighted by atomic mass is 35.5. The number of halogens is 1. The molecule has 0 aliphatic carbocycles. The van der Waals surface area contributed by atoms with Crippen LogP contribution in [0.3, 0.4) is 0 Å². The van der Waals surface area contributed by atoms with Gasteiger partial charge in [-0.25, -0.2) is 4.98 Å². The lowest BCUT2D eigenvalue weighted by molar-refractivity contribution is -0.384. The van der Waals surface area contributed by atoms with Crippen LogP contribution in [0, 0.1) is 10.1 Å². The number of anilines is 2. The van der Waals surface area contributed by atoms with Gasteiger partial charge in [-0.2, -0.15) is 0 Å². The van der Waals surface area contributed by atoms with E-state index in [4.69, 9.17) is 11.6 Å². The van der Waals surface area contributed by atoms with Gasteiger partial charge in [-0.05, 0) is 18.2 Å². The molecule has 0 aromatic carbocycles. The van der Waals surface area contributed by atoms with Gasteiger partial charge < -0.3 is 10.6 Å². The van der Waals surface area contributed by atoms with Crippen LogP contribution in [0.15, 0.2) is 24.3 Å². The van der Waals surface area contributed by atoms with Crippen LogP contribution in [0.5, 0.6) is 0 Å². The van der Waals surface area contributed by atoms with Crippen LogP contribution in [-0.2, 0) is 6.54 Å². The van der Waals surface area contributed by atoms with Gasteiger partial charge >= 0.3 is 5.69 Å². The minimum atomic E-state index is -0.462. The molecule has 2 aromatic heterocycles. The van der Waals surface area contributed by atoms with Crippen molar-refractivity contribution in [2.45, 2.75) is 6.54 Å². The summed E-state index contributed by atoms with van der Waals surface area (Å²) in [5, 5.41) is 16.7. The summed E-state index contributed by atoms with van der Waals surface area (Å²) in [6.07, 6.45) is 0. The van der Waals surface area contributed by atoms with Gasteiger partial charge in [-0.15, -0.1) is 11.3 Å². The molecule has 0 saturated heterocycles. The monoisotopic (exact) mass is 298 g/mol. The lowest BCUT2D eigenvalue weighted by Gasteiger charge is -2.07. The second-order valence-corrected chi connectivity index (χ2v) is 5.43. The molecule has 0 unspecified atom stereocenters. The smallest absolute Gasteiger partial charge is 0.311 e. The fraction of sp³-hybridized carbons (Fsp3) is 0.182. The van der Waals surface area contributed by atoms with Crippen LogP contribution >= 0.6 is 22.9 Å². The van der Waals surface area contributed by atoms with Crippen molar-refractivity contribution in [2.75, 3.05) is 17.7 Å². The van der Waals surface area contributed by atoms with Crippen LogP contribution in [0.4, 0.5) is 17.3 Å². The largest absolute Gasteiger partial charge is 0.373 e. The number of aromatic nitrogens is 1. The summed E-state index contributed by atoms with van der Waals surface area (Å²) in [7, 11) is 1.71. The average Bonchev–Trinajstić information content (AvgIpc) is 2.81. The summed E-state index contributed by atoms with van der Waals surface area (Å²) in [6.45, 7) is 0.443. The molecule has 0 fully saturated rings. The van der Waals surface area contributed by atoms with Crippen molar-refractivity contribution in [3.05, 3.63) is 43.6 Å². The molecule has 0 saturated carbocycles. The number of hydrogen-bond donors (Lipinski definition) is 2. The Morgan fingerprint density at radius 2 is 2.21 bits per heavy atom. The summed E-state index contributed by atoms with van der Waals surface area (Å²) in [6, 6.07) is 6.64. The molecule has 0 amide bonds. The van der Waals surface area contributed by atoms with E-state index in [1.54, 1.807) is 19.2 Å². The standard InChI is InChI=1S/C11H11ClN4O2S/c1-13-10-5-3-8(16(17)18)11(15-10)14-6-7-2-4-9(12)19-7/h2-5H,6H2,1H3,(H2,13,14,15). The van der Waals surface area contributed by atoms with E-state index in [1.165, 1.54) is 17.4 Å². The Bertz CT molecular complexity index is 602. The molecule has 6 nitrogen and oxygen atoms in total. The fourth-order valence-corrected chi connectivity index (χ4v) is 2.51. The zero-order valence-corrected chi connectivity index (χ0v) is 11.6. The van der Waals surface area contributed by atoms with Gasteiger partial charge in [0.05, 0.1) is 15.8 Å². The lowest BCUT2D eigenvalue weighted by Crippen LogP contribution is -2.05. The summed E-state index contributed by atoms with van der Waals surface area (Å²) >= 11 is 7.25.